The molecule has 0 unspecified atom stereocenters. The molecule has 0 bridgehead atoms. The molecular formula is C9H9N3O. The minimum Gasteiger partial charge on any atom is -0.365 e. The fourth-order valence-electron chi connectivity index (χ4n) is 1.30. The van der Waals surface area contributed by atoms with E-state index < -0.39 is 5.91 Å². The Morgan fingerprint density at radius 1 is 1.62 bits per heavy atom. The van der Waals surface area contributed by atoms with Crippen molar-refractivity contribution in [3.05, 3.63) is 29.6 Å². The first-order chi connectivity index (χ1) is 6.18. The van der Waals surface area contributed by atoms with Gasteiger partial charge in [-0.2, -0.15) is 0 Å². The highest BCUT2D eigenvalue weighted by Crippen LogP contribution is 2.15. The molecule has 2 rings (SSSR count). The molecule has 66 valence electrons. The van der Waals surface area contributed by atoms with Crippen molar-refractivity contribution in [3.63, 3.8) is 0 Å². The van der Waals surface area contributed by atoms with Crippen LogP contribution in [0.25, 0.3) is 11.0 Å². The summed E-state index contributed by atoms with van der Waals surface area (Å²) in [5.41, 5.74) is 8.13. The molecule has 3 N–H and O–H groups in total. The maximum atomic E-state index is 10.9. The number of carbonyl (C=O) groups is 1. The second-order valence-corrected chi connectivity index (χ2v) is 2.98. The van der Waals surface area contributed by atoms with Crippen LogP contribution >= 0.6 is 0 Å². The monoisotopic (exact) mass is 175 g/mol. The molecule has 2 aromatic heterocycles. The number of amides is 1. The summed E-state index contributed by atoms with van der Waals surface area (Å²) in [6.45, 7) is 1.94. The van der Waals surface area contributed by atoms with Crippen LogP contribution in [0.3, 0.4) is 0 Å². The van der Waals surface area contributed by atoms with Gasteiger partial charge in [0, 0.05) is 12.4 Å². The van der Waals surface area contributed by atoms with E-state index in [1.165, 1.54) is 0 Å². The number of nitrogens with one attached hydrogen (secondary N) is 1. The van der Waals surface area contributed by atoms with Crippen LogP contribution in [0.15, 0.2) is 18.5 Å². The van der Waals surface area contributed by atoms with Crippen LogP contribution in [0.4, 0.5) is 0 Å². The predicted molar refractivity (Wildman–Crippen MR) is 49.3 cm³/mol. The summed E-state index contributed by atoms with van der Waals surface area (Å²) in [5, 5.41) is 0. The molecular weight excluding hydrogens is 166 g/mol. The van der Waals surface area contributed by atoms with Gasteiger partial charge in [-0.05, 0) is 18.6 Å². The number of rotatable bonds is 1. The molecule has 13 heavy (non-hydrogen) atoms. The highest BCUT2D eigenvalue weighted by molar-refractivity contribution is 6.04. The SMILES string of the molecule is Cc1cnc2c(C(N)=O)c[nH]c2c1. The third-order valence-electron chi connectivity index (χ3n) is 1.92. The molecule has 0 saturated carbocycles. The van der Waals surface area contributed by atoms with E-state index in [0.717, 1.165) is 11.1 Å². The van der Waals surface area contributed by atoms with E-state index in [9.17, 15) is 4.79 Å². The summed E-state index contributed by atoms with van der Waals surface area (Å²) < 4.78 is 0. The van der Waals surface area contributed by atoms with Gasteiger partial charge in [0.1, 0.15) is 5.52 Å². The van der Waals surface area contributed by atoms with Crippen LogP contribution in [0, 0.1) is 6.92 Å². The number of nitrogens with zero attached hydrogens (tertiary/aromatic N) is 1. The highest BCUT2D eigenvalue weighted by Gasteiger charge is 2.08. The summed E-state index contributed by atoms with van der Waals surface area (Å²) in [6, 6.07) is 1.93. The summed E-state index contributed by atoms with van der Waals surface area (Å²) in [4.78, 5) is 18.0. The van der Waals surface area contributed by atoms with Crippen molar-refractivity contribution < 1.29 is 4.79 Å². The minimum atomic E-state index is -0.456. The lowest BCUT2D eigenvalue weighted by molar-refractivity contribution is 0.100. The predicted octanol–water partition coefficient (Wildman–Crippen LogP) is 0.970. The Hall–Kier alpha value is -1.84. The van der Waals surface area contributed by atoms with E-state index in [4.69, 9.17) is 5.73 Å². The number of primary amides is 1. The second-order valence-electron chi connectivity index (χ2n) is 2.98. The molecule has 0 aromatic carbocycles. The maximum absolute atomic E-state index is 10.9. The van der Waals surface area contributed by atoms with Crippen molar-refractivity contribution in [1.29, 1.82) is 0 Å². The molecule has 0 aliphatic heterocycles. The van der Waals surface area contributed by atoms with Gasteiger partial charge in [-0.15, -0.1) is 0 Å². The van der Waals surface area contributed by atoms with Crippen molar-refractivity contribution in [2.75, 3.05) is 0 Å². The smallest absolute Gasteiger partial charge is 0.252 e. The van der Waals surface area contributed by atoms with E-state index in [1.54, 1.807) is 12.4 Å². The number of hydrogen-bond donors (Lipinski definition) is 2. The Labute approximate surface area is 74.8 Å². The molecule has 0 saturated heterocycles. The quantitative estimate of drug-likeness (QED) is 0.677. The van der Waals surface area contributed by atoms with Crippen molar-refractivity contribution in [3.8, 4) is 0 Å². The van der Waals surface area contributed by atoms with E-state index in [1.807, 2.05) is 13.0 Å². The second kappa shape index (κ2) is 2.58. The molecule has 0 aliphatic rings. The molecule has 0 aliphatic carbocycles. The number of aryl methyl sites for hydroxylation is 1. The van der Waals surface area contributed by atoms with Gasteiger partial charge in [0.15, 0.2) is 0 Å². The topological polar surface area (TPSA) is 71.8 Å². The van der Waals surface area contributed by atoms with Gasteiger partial charge in [-0.25, -0.2) is 0 Å². The average Bonchev–Trinajstić information content (AvgIpc) is 2.46. The van der Waals surface area contributed by atoms with Gasteiger partial charge >= 0.3 is 0 Å². The number of H-pyrrole nitrogens is 1. The molecule has 0 spiro atoms. The highest BCUT2D eigenvalue weighted by atomic mass is 16.1. The first kappa shape index (κ1) is 7.79. The van der Waals surface area contributed by atoms with Crippen LogP contribution in [0.2, 0.25) is 0 Å². The lowest BCUT2D eigenvalue weighted by atomic mass is 10.2. The number of hydrogen-bond acceptors (Lipinski definition) is 2. The molecule has 0 fully saturated rings. The minimum absolute atomic E-state index is 0.440. The Balaban J connectivity index is 2.76. The van der Waals surface area contributed by atoms with Gasteiger partial charge in [0.25, 0.3) is 5.91 Å². The zero-order valence-electron chi connectivity index (χ0n) is 7.16. The number of fused-ring (bicyclic) bond motifs is 1. The molecule has 4 heteroatoms. The van der Waals surface area contributed by atoms with Gasteiger partial charge in [-0.3, -0.25) is 9.78 Å². The van der Waals surface area contributed by atoms with Gasteiger partial charge in [0.2, 0.25) is 0 Å². The molecule has 0 radical (unpaired) electrons. The third-order valence-corrected chi connectivity index (χ3v) is 1.92. The zero-order chi connectivity index (χ0) is 9.42. The summed E-state index contributed by atoms with van der Waals surface area (Å²) >= 11 is 0. The Bertz CT molecular complexity index is 473. The first-order valence-corrected chi connectivity index (χ1v) is 3.92. The van der Waals surface area contributed by atoms with Crippen LogP contribution in [0.1, 0.15) is 15.9 Å². The fraction of sp³-hybridized carbons (Fsp3) is 0.111. The van der Waals surface area contributed by atoms with E-state index in [0.29, 0.717) is 11.1 Å². The number of pyridine rings is 1. The van der Waals surface area contributed by atoms with Crippen LogP contribution in [-0.2, 0) is 0 Å². The number of nitrogens with two attached hydrogens (primary N) is 1. The fourth-order valence-corrected chi connectivity index (χ4v) is 1.30. The largest absolute Gasteiger partial charge is 0.365 e. The molecule has 2 heterocycles. The lowest BCUT2D eigenvalue weighted by Crippen LogP contribution is -2.10. The van der Waals surface area contributed by atoms with Crippen molar-refractivity contribution in [1.82, 2.24) is 9.97 Å². The lowest BCUT2D eigenvalue weighted by Gasteiger charge is -1.93. The van der Waals surface area contributed by atoms with Crippen LogP contribution < -0.4 is 5.73 Å². The van der Waals surface area contributed by atoms with Crippen LogP contribution in [0.5, 0.6) is 0 Å². The first-order valence-electron chi connectivity index (χ1n) is 3.92. The molecule has 0 atom stereocenters. The number of aromatic nitrogens is 2. The zero-order valence-corrected chi connectivity index (χ0v) is 7.16. The van der Waals surface area contributed by atoms with Crippen molar-refractivity contribution in [2.45, 2.75) is 6.92 Å². The number of aromatic amines is 1. The summed E-state index contributed by atoms with van der Waals surface area (Å²) in [7, 11) is 0. The van der Waals surface area contributed by atoms with E-state index in [2.05, 4.69) is 9.97 Å². The average molecular weight is 175 g/mol. The number of carbonyl (C=O) groups excluding carboxylic acids is 1. The Morgan fingerprint density at radius 2 is 2.38 bits per heavy atom. The summed E-state index contributed by atoms with van der Waals surface area (Å²) in [6.07, 6.45) is 3.29. The van der Waals surface area contributed by atoms with Crippen LogP contribution in [-0.4, -0.2) is 15.9 Å². The maximum Gasteiger partial charge on any atom is 0.252 e. The Morgan fingerprint density at radius 3 is 3.08 bits per heavy atom. The third kappa shape index (κ3) is 1.16. The normalized spacial score (nSPS) is 10.5. The van der Waals surface area contributed by atoms with E-state index in [-0.39, 0.29) is 0 Å². The molecule has 2 aromatic rings. The van der Waals surface area contributed by atoms with Crippen molar-refractivity contribution >= 4 is 16.9 Å². The van der Waals surface area contributed by atoms with E-state index >= 15 is 0 Å². The van der Waals surface area contributed by atoms with Crippen molar-refractivity contribution in [2.24, 2.45) is 5.73 Å². The molecule has 1 amide bonds. The molecule has 4 nitrogen and oxygen atoms in total. The standard InChI is InChI=1S/C9H9N3O/c1-5-2-7-8(12-3-5)6(4-11-7)9(10)13/h2-4,11H,1H3,(H2,10,13). The van der Waals surface area contributed by atoms with Gasteiger partial charge in [0.05, 0.1) is 11.1 Å². The summed E-state index contributed by atoms with van der Waals surface area (Å²) in [5.74, 6) is -0.456. The van der Waals surface area contributed by atoms with Gasteiger partial charge in [-0.1, -0.05) is 0 Å². The Kier molecular flexibility index (Phi) is 1.55. The van der Waals surface area contributed by atoms with Gasteiger partial charge < -0.3 is 10.7 Å².